The summed E-state index contributed by atoms with van der Waals surface area (Å²) in [6.07, 6.45) is 2.15. The number of likely N-dealkylation sites (tertiary alicyclic amines) is 1. The number of amides is 1. The molecule has 0 N–H and O–H groups in total. The van der Waals surface area contributed by atoms with Gasteiger partial charge in [-0.25, -0.2) is 9.97 Å². The average Bonchev–Trinajstić information content (AvgIpc) is 3.41. The van der Waals surface area contributed by atoms with Gasteiger partial charge in [0.15, 0.2) is 20.4 Å². The van der Waals surface area contributed by atoms with Gasteiger partial charge >= 0.3 is 0 Å². The molecule has 3 aromatic heterocycles. The Morgan fingerprint density at radius 1 is 1.09 bits per heavy atom. The highest BCUT2D eigenvalue weighted by molar-refractivity contribution is 7.99. The van der Waals surface area contributed by atoms with Crippen molar-refractivity contribution in [3.8, 4) is 5.69 Å². The Morgan fingerprint density at radius 3 is 2.63 bits per heavy atom. The molecule has 1 aliphatic heterocycles. The molecule has 9 heteroatoms. The number of thioether (sulfide) groups is 1. The lowest BCUT2D eigenvalue weighted by atomic mass is 9.99. The van der Waals surface area contributed by atoms with Crippen LogP contribution in [0.15, 0.2) is 53.7 Å². The quantitative estimate of drug-likeness (QED) is 0.159. The van der Waals surface area contributed by atoms with Crippen molar-refractivity contribution in [2.45, 2.75) is 31.8 Å². The van der Waals surface area contributed by atoms with Crippen LogP contribution in [0.3, 0.4) is 0 Å². The zero-order chi connectivity index (χ0) is 24.1. The zero-order valence-electron chi connectivity index (χ0n) is 19.6. The largest absolute Gasteiger partial charge is 0.342 e. The number of thiazole rings is 1. The smallest absolute Gasteiger partial charge is 0.233 e. The molecule has 0 radical (unpaired) electrons. The monoisotopic (exact) mass is 519 g/mol. The molecular weight excluding hydrogens is 495 g/mol. The van der Waals surface area contributed by atoms with Gasteiger partial charge in [0.25, 0.3) is 0 Å². The molecule has 1 aliphatic rings. The minimum Gasteiger partial charge on any atom is -0.342 e. The van der Waals surface area contributed by atoms with Crippen LogP contribution in [0.25, 0.3) is 32.7 Å². The molecule has 1 fully saturated rings. The van der Waals surface area contributed by atoms with E-state index in [9.17, 15) is 4.79 Å². The van der Waals surface area contributed by atoms with E-state index in [4.69, 9.17) is 22.2 Å². The van der Waals surface area contributed by atoms with Gasteiger partial charge in [-0.1, -0.05) is 60.4 Å². The first-order chi connectivity index (χ1) is 17.0. The van der Waals surface area contributed by atoms with Gasteiger partial charge in [-0.15, -0.1) is 0 Å². The van der Waals surface area contributed by atoms with Crippen LogP contribution in [-0.4, -0.2) is 48.6 Å². The third-order valence-corrected chi connectivity index (χ3v) is 9.04. The van der Waals surface area contributed by atoms with Crippen molar-refractivity contribution < 1.29 is 4.79 Å². The van der Waals surface area contributed by atoms with Gasteiger partial charge < -0.3 is 4.90 Å². The van der Waals surface area contributed by atoms with Crippen molar-refractivity contribution in [2.24, 2.45) is 5.92 Å². The molecule has 2 aromatic carbocycles. The molecule has 0 saturated carbocycles. The first-order valence-corrected chi connectivity index (χ1v) is 14.0. The Balaban J connectivity index is 1.50. The van der Waals surface area contributed by atoms with Crippen LogP contribution in [0, 0.1) is 16.8 Å². The number of rotatable bonds is 4. The van der Waals surface area contributed by atoms with Gasteiger partial charge in [0.2, 0.25) is 5.91 Å². The van der Waals surface area contributed by atoms with Crippen LogP contribution in [0.2, 0.25) is 0 Å². The molecular formula is C26H25N5OS3. The number of carbonyl (C=O) groups excluding carboxylic acids is 1. The number of imidazole rings is 1. The van der Waals surface area contributed by atoms with Crippen molar-refractivity contribution >= 4 is 68.3 Å². The first kappa shape index (κ1) is 22.7. The minimum absolute atomic E-state index is 0.169. The number of hydrogen-bond acceptors (Lipinski definition) is 6. The van der Waals surface area contributed by atoms with Crippen molar-refractivity contribution in [3.05, 3.63) is 58.0 Å². The van der Waals surface area contributed by atoms with E-state index in [1.807, 2.05) is 39.8 Å². The fraction of sp³-hybridized carbons (Fsp3) is 0.308. The number of aryl methyl sites for hydroxylation is 1. The second kappa shape index (κ2) is 9.04. The van der Waals surface area contributed by atoms with Gasteiger partial charge in [-0.2, -0.15) is 0 Å². The summed E-state index contributed by atoms with van der Waals surface area (Å²) < 4.78 is 5.81. The summed E-state index contributed by atoms with van der Waals surface area (Å²) in [6, 6.07) is 16.3. The van der Waals surface area contributed by atoms with Gasteiger partial charge in [0, 0.05) is 13.1 Å². The standard InChI is InChI=1S/C26H25N5OS3/c1-16-11-13-29(14-12-16)21(32)15-34-25-28-24-22(23-27-18-8-4-6-10-20(18)30(23)25)35-26(33)31(24)19-9-5-3-7-17(19)2/h3-10,16H,11-15H2,1-2H3. The van der Waals surface area contributed by atoms with E-state index in [0.29, 0.717) is 11.7 Å². The maximum atomic E-state index is 13.0. The Hall–Kier alpha value is -2.75. The molecule has 35 heavy (non-hydrogen) atoms. The van der Waals surface area contributed by atoms with Crippen LogP contribution in [0.1, 0.15) is 25.3 Å². The van der Waals surface area contributed by atoms with Crippen LogP contribution >= 0.6 is 35.3 Å². The maximum Gasteiger partial charge on any atom is 0.233 e. The summed E-state index contributed by atoms with van der Waals surface area (Å²) in [6.45, 7) is 6.02. The molecule has 0 atom stereocenters. The summed E-state index contributed by atoms with van der Waals surface area (Å²) in [5.41, 5.74) is 5.66. The van der Waals surface area contributed by atoms with Crippen molar-refractivity contribution in [2.75, 3.05) is 18.8 Å². The molecule has 6 rings (SSSR count). The Labute approximate surface area is 216 Å². The second-order valence-electron chi connectivity index (χ2n) is 9.15. The molecule has 0 aliphatic carbocycles. The number of nitrogens with zero attached hydrogens (tertiary/aromatic N) is 5. The summed E-state index contributed by atoms with van der Waals surface area (Å²) >= 11 is 8.83. The predicted molar refractivity (Wildman–Crippen MR) is 146 cm³/mol. The molecule has 0 unspecified atom stereocenters. The van der Waals surface area contributed by atoms with Crippen molar-refractivity contribution in [1.82, 2.24) is 23.8 Å². The maximum absolute atomic E-state index is 13.0. The van der Waals surface area contributed by atoms with E-state index >= 15 is 0 Å². The van der Waals surface area contributed by atoms with Gasteiger partial charge in [-0.05, 0) is 61.7 Å². The summed E-state index contributed by atoms with van der Waals surface area (Å²) in [5.74, 6) is 1.21. The highest BCUT2D eigenvalue weighted by atomic mass is 32.2. The summed E-state index contributed by atoms with van der Waals surface area (Å²) in [4.78, 5) is 25.1. The molecule has 0 bridgehead atoms. The van der Waals surface area contributed by atoms with E-state index in [-0.39, 0.29) is 5.91 Å². The molecule has 6 nitrogen and oxygen atoms in total. The SMILES string of the molecule is Cc1ccccc1-n1c(=S)sc2c1nc(SCC(=O)N1CCC(C)CC1)n1c3ccccc3nc21. The lowest BCUT2D eigenvalue weighted by molar-refractivity contribution is -0.129. The molecule has 4 heterocycles. The zero-order valence-corrected chi connectivity index (χ0v) is 22.1. The molecule has 1 saturated heterocycles. The van der Waals surface area contributed by atoms with Crippen LogP contribution in [0.5, 0.6) is 0 Å². The van der Waals surface area contributed by atoms with Crippen LogP contribution in [0.4, 0.5) is 0 Å². The van der Waals surface area contributed by atoms with Crippen molar-refractivity contribution in [3.63, 3.8) is 0 Å². The minimum atomic E-state index is 0.169. The average molecular weight is 520 g/mol. The van der Waals surface area contributed by atoms with Gasteiger partial charge in [0.1, 0.15) is 4.70 Å². The number of benzene rings is 2. The first-order valence-electron chi connectivity index (χ1n) is 11.8. The molecule has 1 amide bonds. The fourth-order valence-corrected chi connectivity index (χ4v) is 6.97. The van der Waals surface area contributed by atoms with Gasteiger partial charge in [0.05, 0.1) is 22.5 Å². The highest BCUT2D eigenvalue weighted by Crippen LogP contribution is 2.34. The number of aromatic nitrogens is 4. The Morgan fingerprint density at radius 2 is 1.83 bits per heavy atom. The Bertz CT molecular complexity index is 1640. The van der Waals surface area contributed by atoms with Crippen molar-refractivity contribution in [1.29, 1.82) is 0 Å². The number of hydrogen-bond donors (Lipinski definition) is 0. The Kier molecular flexibility index (Phi) is 5.86. The summed E-state index contributed by atoms with van der Waals surface area (Å²) in [5, 5.41) is 0.759. The second-order valence-corrected chi connectivity index (χ2v) is 11.7. The van der Waals surface area contributed by atoms with Gasteiger partial charge in [-0.3, -0.25) is 13.8 Å². The van der Waals surface area contributed by atoms with Crippen LogP contribution < -0.4 is 0 Å². The number of fused-ring (bicyclic) bond motifs is 5. The normalized spacial score (nSPS) is 15.0. The van der Waals surface area contributed by atoms with E-state index in [1.54, 1.807) is 0 Å². The van der Waals surface area contributed by atoms with E-state index in [0.717, 1.165) is 73.3 Å². The summed E-state index contributed by atoms with van der Waals surface area (Å²) in [7, 11) is 0. The molecule has 0 spiro atoms. The number of piperidine rings is 1. The fourth-order valence-electron chi connectivity index (χ4n) is 4.72. The molecule has 178 valence electrons. The third kappa shape index (κ3) is 3.95. The topological polar surface area (TPSA) is 55.4 Å². The van der Waals surface area contributed by atoms with E-state index < -0.39 is 0 Å². The highest BCUT2D eigenvalue weighted by Gasteiger charge is 2.23. The number of carbonyl (C=O) groups is 1. The predicted octanol–water partition coefficient (Wildman–Crippen LogP) is 6.28. The molecule has 5 aromatic rings. The lowest BCUT2D eigenvalue weighted by Gasteiger charge is -2.30. The van der Waals surface area contributed by atoms with E-state index in [2.05, 4.69) is 36.4 Å². The lowest BCUT2D eigenvalue weighted by Crippen LogP contribution is -2.38. The van der Waals surface area contributed by atoms with E-state index in [1.165, 1.54) is 23.1 Å². The third-order valence-electron chi connectivity index (χ3n) is 6.76. The van der Waals surface area contributed by atoms with Crippen LogP contribution in [-0.2, 0) is 4.79 Å². The number of para-hydroxylation sites is 3.